The number of thioether (sulfide) groups is 1. The van der Waals surface area contributed by atoms with E-state index in [-0.39, 0.29) is 44.5 Å². The second-order valence-corrected chi connectivity index (χ2v) is 20.6. The molecule has 9 rings (SSSR count). The van der Waals surface area contributed by atoms with Crippen molar-refractivity contribution < 1.29 is 36.6 Å². The second kappa shape index (κ2) is 15.8. The Bertz CT molecular complexity index is 3430. The summed E-state index contributed by atoms with van der Waals surface area (Å²) in [6.07, 6.45) is 3.00. The molecule has 8 nitrogen and oxygen atoms in total. The molecule has 5 heterocycles. The van der Waals surface area contributed by atoms with E-state index in [0.29, 0.717) is 21.3 Å². The quantitative estimate of drug-likeness (QED) is 0.0904. The van der Waals surface area contributed by atoms with Gasteiger partial charge < -0.3 is 9.47 Å². The Morgan fingerprint density at radius 2 is 0.969 bits per heavy atom. The highest BCUT2D eigenvalue weighted by atomic mass is 32.2. The topological polar surface area (TPSA) is 148 Å². The highest BCUT2D eigenvalue weighted by Gasteiger charge is 2.39. The van der Waals surface area contributed by atoms with Crippen molar-refractivity contribution in [1.29, 1.82) is 21.0 Å². The summed E-state index contributed by atoms with van der Waals surface area (Å²) in [6.45, 7) is 4.23. The number of ketones is 2. The second-order valence-electron chi connectivity index (χ2n) is 14.7. The Kier molecular flexibility index (Phi) is 10.5. The summed E-state index contributed by atoms with van der Waals surface area (Å²) in [5.41, 5.74) is -0.396. The molecule has 0 fully saturated rings. The number of hydrogen-bond donors (Lipinski definition) is 0. The Morgan fingerprint density at radius 1 is 0.562 bits per heavy atom. The van der Waals surface area contributed by atoms with Gasteiger partial charge in [0.2, 0.25) is 0 Å². The zero-order valence-corrected chi connectivity index (χ0v) is 37.3. The molecule has 3 aliphatic rings. The molecule has 0 amide bonds. The smallest absolute Gasteiger partial charge is 0.194 e. The predicted molar refractivity (Wildman–Crippen MR) is 240 cm³/mol. The molecule has 312 valence electrons. The minimum absolute atomic E-state index is 0.0382. The zero-order valence-electron chi connectivity index (χ0n) is 33.2. The van der Waals surface area contributed by atoms with Crippen LogP contribution in [0.1, 0.15) is 61.0 Å². The van der Waals surface area contributed by atoms with Crippen molar-refractivity contribution in [1.82, 2.24) is 0 Å². The van der Waals surface area contributed by atoms with E-state index >= 15 is 0 Å². The van der Waals surface area contributed by atoms with Gasteiger partial charge in [0.15, 0.2) is 34.8 Å². The fourth-order valence-electron chi connectivity index (χ4n) is 7.81. The molecule has 1 aliphatic heterocycles. The molecule has 2 aliphatic carbocycles. The maximum atomic E-state index is 14.4. The molecular weight excluding hydrogens is 921 g/mol. The lowest BCUT2D eigenvalue weighted by Crippen LogP contribution is -2.14. The number of methoxy groups -OCH3 is 2. The number of hydrogen-bond acceptors (Lipinski definition) is 13. The van der Waals surface area contributed by atoms with Gasteiger partial charge in [0.1, 0.15) is 46.9 Å². The van der Waals surface area contributed by atoms with Crippen molar-refractivity contribution >= 4 is 92.0 Å². The zero-order chi connectivity index (χ0) is 45.5. The molecular formula is C47H22F4N4O4S5. The number of rotatable bonds is 6. The van der Waals surface area contributed by atoms with Crippen LogP contribution in [0.15, 0.2) is 75.7 Å². The molecule has 0 N–H and O–H groups in total. The van der Waals surface area contributed by atoms with Crippen LogP contribution < -0.4 is 9.47 Å². The normalized spacial score (nSPS) is 15.6. The van der Waals surface area contributed by atoms with E-state index in [9.17, 15) is 48.2 Å². The molecule has 2 aromatic carbocycles. The van der Waals surface area contributed by atoms with E-state index in [0.717, 1.165) is 64.0 Å². The van der Waals surface area contributed by atoms with Gasteiger partial charge in [-0.2, -0.15) is 21.0 Å². The number of nitrogens with zero attached hydrogens (tertiary/aromatic N) is 4. The van der Waals surface area contributed by atoms with Crippen LogP contribution in [-0.2, 0) is 4.75 Å². The van der Waals surface area contributed by atoms with Gasteiger partial charge in [-0.3, -0.25) is 9.59 Å². The summed E-state index contributed by atoms with van der Waals surface area (Å²) in [5.74, 6) is -5.21. The van der Waals surface area contributed by atoms with Gasteiger partial charge in [-0.25, -0.2) is 17.6 Å². The van der Waals surface area contributed by atoms with Gasteiger partial charge in [-0.15, -0.1) is 57.1 Å². The Labute approximate surface area is 381 Å². The van der Waals surface area contributed by atoms with E-state index in [4.69, 9.17) is 9.47 Å². The number of halogens is 4. The summed E-state index contributed by atoms with van der Waals surface area (Å²) in [7, 11) is 3.02. The lowest BCUT2D eigenvalue weighted by molar-refractivity contribution is 0.103. The fourth-order valence-corrected chi connectivity index (χ4v) is 14.3. The molecule has 0 saturated carbocycles. The van der Waals surface area contributed by atoms with Crippen LogP contribution in [0.4, 0.5) is 17.6 Å². The van der Waals surface area contributed by atoms with Crippen molar-refractivity contribution in [3.63, 3.8) is 0 Å². The Morgan fingerprint density at radius 3 is 1.39 bits per heavy atom. The largest absolute Gasteiger partial charge is 0.495 e. The van der Waals surface area contributed by atoms with Crippen LogP contribution in [0.3, 0.4) is 0 Å². The Hall–Kier alpha value is -6.83. The first-order valence-corrected chi connectivity index (χ1v) is 22.7. The van der Waals surface area contributed by atoms with Crippen LogP contribution in [-0.4, -0.2) is 25.8 Å². The SMILES string of the molecule is COc1cc(/C=C2\C(=O)c3cc(F)c(F)cc3C2=C(C#N)C#N)sc1-c1cc2c(s1)-c1sc(-c3sc(/C=C4\C(=O)c5cc(F)c(F)cc5C4=C(C#N)C#N)cc3OC)cc1C(C)(C)S2. The van der Waals surface area contributed by atoms with E-state index in [1.165, 1.54) is 60.4 Å². The predicted octanol–water partition coefficient (Wildman–Crippen LogP) is 13.0. The van der Waals surface area contributed by atoms with Crippen LogP contribution in [0.2, 0.25) is 0 Å². The molecule has 17 heteroatoms. The monoisotopic (exact) mass is 942 g/mol. The van der Waals surface area contributed by atoms with Gasteiger partial charge in [0.25, 0.3) is 0 Å². The first-order valence-electron chi connectivity index (χ1n) is 18.6. The summed E-state index contributed by atoms with van der Waals surface area (Å²) >= 11 is 7.38. The third kappa shape index (κ3) is 6.64. The minimum atomic E-state index is -1.23. The van der Waals surface area contributed by atoms with E-state index in [1.807, 2.05) is 0 Å². The van der Waals surface area contributed by atoms with Gasteiger partial charge in [-0.1, -0.05) is 0 Å². The van der Waals surface area contributed by atoms with E-state index in [1.54, 1.807) is 59.5 Å². The van der Waals surface area contributed by atoms with E-state index < -0.39 is 50.7 Å². The van der Waals surface area contributed by atoms with Crippen molar-refractivity contribution in [3.05, 3.63) is 132 Å². The lowest BCUT2D eigenvalue weighted by atomic mass is 9.99. The maximum Gasteiger partial charge on any atom is 0.194 e. The number of allylic oxidation sites excluding steroid dienone is 6. The first kappa shape index (κ1) is 42.5. The highest BCUT2D eigenvalue weighted by molar-refractivity contribution is 8.00. The number of carbonyl (C=O) groups is 2. The Balaban J connectivity index is 1.10. The van der Waals surface area contributed by atoms with Crippen molar-refractivity contribution in [3.8, 4) is 65.0 Å². The molecule has 0 radical (unpaired) electrons. The van der Waals surface area contributed by atoms with E-state index in [2.05, 4.69) is 26.0 Å². The molecule has 0 saturated heterocycles. The summed E-state index contributed by atoms with van der Waals surface area (Å²) in [5, 5.41) is 39.0. The number of carbonyl (C=O) groups excluding carboxylic acids is 2. The highest BCUT2D eigenvalue weighted by Crippen LogP contribution is 2.61. The van der Waals surface area contributed by atoms with Crippen molar-refractivity contribution in [2.45, 2.75) is 23.5 Å². The molecule has 0 unspecified atom stereocenters. The minimum Gasteiger partial charge on any atom is -0.495 e. The number of thiophene rings is 4. The number of Topliss-reactive ketones (excluding diaryl/α,β-unsaturated/α-hetero) is 2. The average molecular weight is 943 g/mol. The molecule has 0 atom stereocenters. The first-order chi connectivity index (χ1) is 30.6. The van der Waals surface area contributed by atoms with Gasteiger partial charge in [0, 0.05) is 62.6 Å². The van der Waals surface area contributed by atoms with Crippen LogP contribution in [0, 0.1) is 68.6 Å². The standard InChI is InChI=1S/C47H22F4N4O4S5/c1-47(2)29-13-36(44-34(58-3)7-21(60-44)5-27-39(19(15-52)16-53)23-9-30(48)32(50)11-25(23)41(27)56)62-43(29)46-38(64-47)14-37(63-46)45-35(59-4)8-22(61-45)6-28-40(20(17-54)18-55)24-10-31(49)33(51)12-26(24)42(28)57/h5-14H,1-4H3/b27-5-,28-6-. The summed E-state index contributed by atoms with van der Waals surface area (Å²) in [4.78, 5) is 34.6. The van der Waals surface area contributed by atoms with Crippen LogP contribution >= 0.6 is 57.1 Å². The van der Waals surface area contributed by atoms with Crippen molar-refractivity contribution in [2.24, 2.45) is 0 Å². The average Bonchev–Trinajstić information content (AvgIpc) is 4.13. The van der Waals surface area contributed by atoms with Gasteiger partial charge in [0.05, 0.1) is 33.7 Å². The number of benzene rings is 2. The molecule has 4 aromatic heterocycles. The molecule has 0 bridgehead atoms. The third-order valence-corrected chi connectivity index (χ3v) is 17.0. The number of ether oxygens (including phenoxy) is 2. The van der Waals surface area contributed by atoms with Crippen LogP contribution in [0.25, 0.3) is 52.6 Å². The molecule has 0 spiro atoms. The van der Waals surface area contributed by atoms with Gasteiger partial charge >= 0.3 is 0 Å². The number of fused-ring (bicyclic) bond motifs is 5. The van der Waals surface area contributed by atoms with Gasteiger partial charge in [-0.05, 0) is 91.2 Å². The fraction of sp³-hybridized carbons (Fsp3) is 0.106. The third-order valence-electron chi connectivity index (χ3n) is 10.7. The van der Waals surface area contributed by atoms with Crippen LogP contribution in [0.5, 0.6) is 11.5 Å². The molecule has 64 heavy (non-hydrogen) atoms. The lowest BCUT2D eigenvalue weighted by Gasteiger charge is -2.29. The number of nitriles is 4. The molecule has 6 aromatic rings. The van der Waals surface area contributed by atoms with Crippen molar-refractivity contribution in [2.75, 3.05) is 14.2 Å². The summed E-state index contributed by atoms with van der Waals surface area (Å²) in [6, 6.07) is 17.9. The maximum absolute atomic E-state index is 14.4. The summed E-state index contributed by atoms with van der Waals surface area (Å²) < 4.78 is 68.6.